The smallest absolute Gasteiger partial charge is 0.130 e. The van der Waals surface area contributed by atoms with Crippen LogP contribution < -0.4 is 4.90 Å². The summed E-state index contributed by atoms with van der Waals surface area (Å²) in [5.74, 6) is 0.854. The average molecular weight is 393 g/mol. The number of pyridine rings is 1. The highest BCUT2D eigenvalue weighted by atomic mass is 35.5. The molecule has 1 fully saturated rings. The van der Waals surface area contributed by atoms with Crippen LogP contribution in [0.1, 0.15) is 30.3 Å². The van der Waals surface area contributed by atoms with Gasteiger partial charge in [0, 0.05) is 35.7 Å². The Balaban J connectivity index is 1.27. The lowest BCUT2D eigenvalue weighted by Gasteiger charge is -2.23. The summed E-state index contributed by atoms with van der Waals surface area (Å²) in [4.78, 5) is 6.46. The van der Waals surface area contributed by atoms with E-state index in [1.165, 1.54) is 23.9 Å². The van der Waals surface area contributed by atoms with Gasteiger partial charge in [-0.1, -0.05) is 11.6 Å². The lowest BCUT2D eigenvalue weighted by molar-refractivity contribution is 0.206. The van der Waals surface area contributed by atoms with Crippen molar-refractivity contribution in [3.8, 4) is 0 Å². The quantitative estimate of drug-likeness (QED) is 0.601. The highest BCUT2D eigenvalue weighted by Gasteiger charge is 2.26. The molecule has 0 amide bonds. The average Bonchev–Trinajstić information content (AvgIpc) is 3.52. The summed E-state index contributed by atoms with van der Waals surface area (Å²) >= 11 is 5.86. The van der Waals surface area contributed by atoms with Crippen molar-refractivity contribution in [2.75, 3.05) is 11.4 Å². The fourth-order valence-electron chi connectivity index (χ4n) is 3.50. The first-order chi connectivity index (χ1) is 13.7. The van der Waals surface area contributed by atoms with E-state index in [2.05, 4.69) is 52.0 Å². The number of allylic oxidation sites excluding steroid dienone is 1. The first kappa shape index (κ1) is 17.3. The van der Waals surface area contributed by atoms with E-state index in [9.17, 15) is 0 Å². The van der Waals surface area contributed by atoms with Gasteiger partial charge in [0.05, 0.1) is 22.3 Å². The van der Waals surface area contributed by atoms with Gasteiger partial charge < -0.3 is 9.64 Å². The number of aromatic nitrogens is 3. The second kappa shape index (κ2) is 6.99. The zero-order valence-corrected chi connectivity index (χ0v) is 16.4. The molecular weight excluding hydrogens is 372 g/mol. The maximum atomic E-state index is 5.86. The van der Waals surface area contributed by atoms with Crippen LogP contribution in [0.2, 0.25) is 5.02 Å². The van der Waals surface area contributed by atoms with Gasteiger partial charge >= 0.3 is 0 Å². The number of rotatable bonds is 5. The maximum absolute atomic E-state index is 5.86. The first-order valence-electron chi connectivity index (χ1n) is 9.54. The minimum Gasteiger partial charge on any atom is -0.488 e. The van der Waals surface area contributed by atoms with Crippen molar-refractivity contribution in [2.45, 2.75) is 32.4 Å². The van der Waals surface area contributed by atoms with Crippen LogP contribution in [0, 0.1) is 6.92 Å². The fourth-order valence-corrected chi connectivity index (χ4v) is 3.61. The van der Waals surface area contributed by atoms with Crippen LogP contribution >= 0.6 is 11.6 Å². The zero-order chi connectivity index (χ0) is 19.1. The third kappa shape index (κ3) is 3.38. The van der Waals surface area contributed by atoms with Gasteiger partial charge in [0.2, 0.25) is 0 Å². The molecule has 1 aliphatic heterocycles. The Morgan fingerprint density at radius 3 is 2.82 bits per heavy atom. The molecular formula is C22H21ClN4O. The Bertz CT molecular complexity index is 1080. The number of ether oxygens (including phenoxy) is 1. The van der Waals surface area contributed by atoms with E-state index in [-0.39, 0.29) is 0 Å². The summed E-state index contributed by atoms with van der Waals surface area (Å²) in [6.45, 7) is 3.36. The molecule has 5 rings (SSSR count). The normalized spacial score (nSPS) is 16.5. The fraction of sp³-hybridized carbons (Fsp3) is 0.273. The van der Waals surface area contributed by atoms with Crippen LogP contribution in [0.25, 0.3) is 10.9 Å². The van der Waals surface area contributed by atoms with Gasteiger partial charge in [-0.25, -0.2) is 0 Å². The summed E-state index contributed by atoms with van der Waals surface area (Å²) < 4.78 is 8.04. The number of hydrogen-bond donors (Lipinski definition) is 0. The Hall–Kier alpha value is -2.79. The van der Waals surface area contributed by atoms with Gasteiger partial charge in [-0.05, 0) is 62.2 Å². The van der Waals surface area contributed by atoms with Crippen LogP contribution in [-0.2, 0) is 11.3 Å². The van der Waals surface area contributed by atoms with E-state index in [0.29, 0.717) is 17.7 Å². The van der Waals surface area contributed by atoms with Crippen LogP contribution in [0.15, 0.2) is 60.6 Å². The van der Waals surface area contributed by atoms with Gasteiger partial charge in [-0.15, -0.1) is 0 Å². The van der Waals surface area contributed by atoms with Crippen molar-refractivity contribution in [3.63, 3.8) is 0 Å². The molecule has 0 unspecified atom stereocenters. The zero-order valence-electron chi connectivity index (χ0n) is 15.7. The molecule has 3 aromatic rings. The van der Waals surface area contributed by atoms with Gasteiger partial charge in [0.25, 0.3) is 0 Å². The highest BCUT2D eigenvalue weighted by molar-refractivity contribution is 6.30. The topological polar surface area (TPSA) is 43.2 Å². The Morgan fingerprint density at radius 2 is 2.11 bits per heavy atom. The van der Waals surface area contributed by atoms with Crippen LogP contribution in [0.3, 0.4) is 0 Å². The van der Waals surface area contributed by atoms with E-state index >= 15 is 0 Å². The van der Waals surface area contributed by atoms with Crippen molar-refractivity contribution >= 4 is 28.2 Å². The minimum absolute atomic E-state index is 0.429. The lowest BCUT2D eigenvalue weighted by Crippen LogP contribution is -2.19. The molecule has 0 N–H and O–H groups in total. The number of halogens is 1. The third-order valence-corrected chi connectivity index (χ3v) is 5.46. The molecule has 0 radical (unpaired) electrons. The van der Waals surface area contributed by atoms with E-state index in [1.54, 1.807) is 6.20 Å². The molecule has 28 heavy (non-hydrogen) atoms. The number of nitrogens with zero attached hydrogens (tertiary/aromatic N) is 4. The third-order valence-electron chi connectivity index (χ3n) is 5.24. The summed E-state index contributed by atoms with van der Waals surface area (Å²) in [6.07, 6.45) is 10.3. The molecule has 2 aliphatic rings. The van der Waals surface area contributed by atoms with Crippen molar-refractivity contribution in [3.05, 3.63) is 77.1 Å². The standard InChI is InChI=1S/C22H21ClN4O/c1-15-21-12-19(6-7-22(21)25-27(15)18-4-5-18)26-10-8-20(9-11-26)28-14-17-3-2-16(23)13-24-17/h2-3,6-10,12-13,18H,4-5,11,14H2,1H3. The highest BCUT2D eigenvalue weighted by Crippen LogP contribution is 2.37. The number of benzene rings is 1. The van der Waals surface area contributed by atoms with E-state index in [0.717, 1.165) is 29.2 Å². The van der Waals surface area contributed by atoms with Crippen LogP contribution in [-0.4, -0.2) is 21.3 Å². The number of aryl methyl sites for hydroxylation is 1. The first-order valence-corrected chi connectivity index (χ1v) is 9.92. The molecule has 1 aromatic carbocycles. The molecule has 2 aromatic heterocycles. The van der Waals surface area contributed by atoms with Crippen LogP contribution in [0.5, 0.6) is 0 Å². The summed E-state index contributed by atoms with van der Waals surface area (Å²) in [5, 5.41) is 6.63. The van der Waals surface area contributed by atoms with Crippen molar-refractivity contribution in [1.29, 1.82) is 0 Å². The predicted molar refractivity (Wildman–Crippen MR) is 111 cm³/mol. The molecule has 0 atom stereocenters. The molecule has 1 aliphatic carbocycles. The molecule has 142 valence electrons. The van der Waals surface area contributed by atoms with Crippen LogP contribution in [0.4, 0.5) is 5.69 Å². The summed E-state index contributed by atoms with van der Waals surface area (Å²) in [7, 11) is 0. The van der Waals surface area contributed by atoms with Crippen molar-refractivity contribution in [2.24, 2.45) is 0 Å². The SMILES string of the molecule is Cc1c2cc(N3C=CC(OCc4ccc(Cl)cn4)=CC3)ccc2nn1C1CC1. The predicted octanol–water partition coefficient (Wildman–Crippen LogP) is 5.16. The molecule has 0 spiro atoms. The minimum atomic E-state index is 0.429. The molecule has 3 heterocycles. The maximum Gasteiger partial charge on any atom is 0.130 e. The molecule has 6 heteroatoms. The largest absolute Gasteiger partial charge is 0.488 e. The Morgan fingerprint density at radius 1 is 1.21 bits per heavy atom. The van der Waals surface area contributed by atoms with Crippen molar-refractivity contribution in [1.82, 2.24) is 14.8 Å². The molecule has 5 nitrogen and oxygen atoms in total. The van der Waals surface area contributed by atoms with Gasteiger partial charge in [-0.3, -0.25) is 9.67 Å². The van der Waals surface area contributed by atoms with Crippen molar-refractivity contribution < 1.29 is 4.74 Å². The summed E-state index contributed by atoms with van der Waals surface area (Å²) in [5.41, 5.74) is 4.35. The van der Waals surface area contributed by atoms with Gasteiger partial charge in [0.15, 0.2) is 0 Å². The summed E-state index contributed by atoms with van der Waals surface area (Å²) in [6, 6.07) is 10.8. The number of anilines is 1. The molecule has 0 bridgehead atoms. The molecule has 1 saturated carbocycles. The van der Waals surface area contributed by atoms with E-state index in [4.69, 9.17) is 21.4 Å². The number of hydrogen-bond acceptors (Lipinski definition) is 4. The number of fused-ring (bicyclic) bond motifs is 1. The Kier molecular flexibility index (Phi) is 4.32. The van der Waals surface area contributed by atoms with E-state index in [1.807, 2.05) is 18.2 Å². The second-order valence-corrected chi connectivity index (χ2v) is 7.73. The van der Waals surface area contributed by atoms with Gasteiger partial charge in [0.1, 0.15) is 12.4 Å². The monoisotopic (exact) mass is 392 g/mol. The molecule has 0 saturated heterocycles. The Labute approximate surface area is 168 Å². The lowest BCUT2D eigenvalue weighted by atomic mass is 10.1. The van der Waals surface area contributed by atoms with E-state index < -0.39 is 0 Å². The second-order valence-electron chi connectivity index (χ2n) is 7.29. The van der Waals surface area contributed by atoms with Gasteiger partial charge in [-0.2, -0.15) is 5.10 Å².